The minimum Gasteiger partial charge on any atom is -0.397 e. The highest BCUT2D eigenvalue weighted by atomic mass is 16.5. The molecule has 1 aromatic rings. The van der Waals surface area contributed by atoms with Gasteiger partial charge in [-0.25, -0.2) is 4.98 Å². The summed E-state index contributed by atoms with van der Waals surface area (Å²) in [4.78, 5) is 15.3. The summed E-state index contributed by atoms with van der Waals surface area (Å²) >= 11 is 0. The summed E-state index contributed by atoms with van der Waals surface area (Å²) in [5.74, 6) is 0.0552. The number of rotatable bonds is 4. The standard InChI is InChI=1S/C12H18N4O2/c1-18-10-4-2-3-9(10)16-11-5-7(12(14)17)8(13)6-15-11/h5-6,9-10H,2-4,13H2,1H3,(H2,14,17)(H,15,16). The fourth-order valence-electron chi connectivity index (χ4n) is 2.32. The third-order valence-electron chi connectivity index (χ3n) is 3.29. The lowest BCUT2D eigenvalue weighted by molar-refractivity contribution is 0.100. The molecule has 1 aromatic heterocycles. The number of aromatic nitrogens is 1. The average Bonchev–Trinajstić information content (AvgIpc) is 2.78. The second-order valence-corrected chi connectivity index (χ2v) is 4.48. The minimum atomic E-state index is -0.548. The number of hydrogen-bond acceptors (Lipinski definition) is 5. The van der Waals surface area contributed by atoms with Gasteiger partial charge in [-0.05, 0) is 25.3 Å². The molecule has 2 atom stereocenters. The Bertz CT molecular complexity index is 450. The Labute approximate surface area is 106 Å². The van der Waals surface area contributed by atoms with Crippen molar-refractivity contribution < 1.29 is 9.53 Å². The number of amides is 1. The van der Waals surface area contributed by atoms with E-state index < -0.39 is 5.91 Å². The molecule has 1 saturated carbocycles. The van der Waals surface area contributed by atoms with Crippen LogP contribution in [0, 0.1) is 0 Å². The molecule has 1 heterocycles. The molecule has 0 spiro atoms. The highest BCUT2D eigenvalue weighted by Crippen LogP contribution is 2.25. The number of nitrogens with zero attached hydrogens (tertiary/aromatic N) is 1. The molecule has 1 amide bonds. The van der Waals surface area contributed by atoms with E-state index in [1.165, 1.54) is 6.20 Å². The maximum atomic E-state index is 11.2. The normalized spacial score (nSPS) is 22.9. The van der Waals surface area contributed by atoms with E-state index in [-0.39, 0.29) is 12.1 Å². The zero-order valence-corrected chi connectivity index (χ0v) is 10.3. The Morgan fingerprint density at radius 3 is 3.00 bits per heavy atom. The molecule has 2 rings (SSSR count). The molecule has 5 N–H and O–H groups in total. The highest BCUT2D eigenvalue weighted by molar-refractivity contribution is 5.98. The van der Waals surface area contributed by atoms with Gasteiger partial charge in [-0.1, -0.05) is 0 Å². The first-order chi connectivity index (χ1) is 8.61. The summed E-state index contributed by atoms with van der Waals surface area (Å²) in [6.07, 6.45) is 4.80. The smallest absolute Gasteiger partial charge is 0.250 e. The van der Waals surface area contributed by atoms with Crippen molar-refractivity contribution >= 4 is 17.4 Å². The van der Waals surface area contributed by atoms with Gasteiger partial charge in [0.15, 0.2) is 0 Å². The molecule has 6 heteroatoms. The Hall–Kier alpha value is -1.82. The van der Waals surface area contributed by atoms with Gasteiger partial charge in [0.1, 0.15) is 5.82 Å². The maximum absolute atomic E-state index is 11.2. The lowest BCUT2D eigenvalue weighted by atomic mass is 10.2. The fourth-order valence-corrected chi connectivity index (χ4v) is 2.32. The van der Waals surface area contributed by atoms with Gasteiger partial charge in [0.25, 0.3) is 5.91 Å². The molecule has 2 unspecified atom stereocenters. The summed E-state index contributed by atoms with van der Waals surface area (Å²) < 4.78 is 5.39. The van der Waals surface area contributed by atoms with E-state index in [2.05, 4.69) is 10.3 Å². The number of carbonyl (C=O) groups excluding carboxylic acids is 1. The molecule has 1 aliphatic carbocycles. The predicted molar refractivity (Wildman–Crippen MR) is 69.2 cm³/mol. The molecule has 98 valence electrons. The first-order valence-electron chi connectivity index (χ1n) is 5.96. The molecule has 0 bridgehead atoms. The number of hydrogen-bond donors (Lipinski definition) is 3. The molecule has 1 fully saturated rings. The van der Waals surface area contributed by atoms with Crippen molar-refractivity contribution in [2.45, 2.75) is 31.4 Å². The number of primary amides is 1. The van der Waals surface area contributed by atoms with Crippen molar-refractivity contribution in [3.05, 3.63) is 17.8 Å². The number of pyridine rings is 1. The largest absolute Gasteiger partial charge is 0.397 e. The summed E-state index contributed by atoms with van der Waals surface area (Å²) in [7, 11) is 1.70. The summed E-state index contributed by atoms with van der Waals surface area (Å²) in [6.45, 7) is 0. The monoisotopic (exact) mass is 250 g/mol. The van der Waals surface area contributed by atoms with Gasteiger partial charge in [0.05, 0.1) is 29.6 Å². The molecule has 0 aliphatic heterocycles. The zero-order chi connectivity index (χ0) is 13.1. The third kappa shape index (κ3) is 2.53. The molecular weight excluding hydrogens is 232 g/mol. The zero-order valence-electron chi connectivity index (χ0n) is 10.3. The molecular formula is C12H18N4O2. The van der Waals surface area contributed by atoms with Gasteiger partial charge in [0, 0.05) is 7.11 Å². The van der Waals surface area contributed by atoms with Gasteiger partial charge in [-0.15, -0.1) is 0 Å². The summed E-state index contributed by atoms with van der Waals surface area (Å²) in [5, 5.41) is 3.26. The number of carbonyl (C=O) groups is 1. The van der Waals surface area contributed by atoms with E-state index in [0.717, 1.165) is 19.3 Å². The van der Waals surface area contributed by atoms with Crippen LogP contribution >= 0.6 is 0 Å². The van der Waals surface area contributed by atoms with Gasteiger partial charge in [-0.3, -0.25) is 4.79 Å². The summed E-state index contributed by atoms with van der Waals surface area (Å²) in [5.41, 5.74) is 11.5. The summed E-state index contributed by atoms with van der Waals surface area (Å²) in [6, 6.07) is 1.80. The Morgan fingerprint density at radius 1 is 1.56 bits per heavy atom. The van der Waals surface area contributed by atoms with E-state index in [1.54, 1.807) is 13.2 Å². The van der Waals surface area contributed by atoms with Gasteiger partial charge >= 0.3 is 0 Å². The Kier molecular flexibility index (Phi) is 3.66. The molecule has 0 radical (unpaired) electrons. The SMILES string of the molecule is COC1CCCC1Nc1cc(C(N)=O)c(N)cn1. The first kappa shape index (κ1) is 12.6. The fraction of sp³-hybridized carbons (Fsp3) is 0.500. The molecule has 0 aromatic carbocycles. The number of ether oxygens (including phenoxy) is 1. The van der Waals surface area contributed by atoms with Crippen molar-refractivity contribution in [3.63, 3.8) is 0 Å². The number of anilines is 2. The van der Waals surface area contributed by atoms with Crippen LogP contribution in [0.4, 0.5) is 11.5 Å². The van der Waals surface area contributed by atoms with E-state index >= 15 is 0 Å². The predicted octanol–water partition coefficient (Wildman–Crippen LogP) is 0.742. The van der Waals surface area contributed by atoms with Crippen molar-refractivity contribution in [1.29, 1.82) is 0 Å². The van der Waals surface area contributed by atoms with Crippen LogP contribution in [-0.2, 0) is 4.74 Å². The molecule has 6 nitrogen and oxygen atoms in total. The van der Waals surface area contributed by atoms with Gasteiger partial charge in [0.2, 0.25) is 0 Å². The first-order valence-corrected chi connectivity index (χ1v) is 5.96. The lowest BCUT2D eigenvalue weighted by Gasteiger charge is -2.20. The minimum absolute atomic E-state index is 0.182. The van der Waals surface area contributed by atoms with E-state index in [0.29, 0.717) is 17.1 Å². The Morgan fingerprint density at radius 2 is 2.33 bits per heavy atom. The van der Waals surface area contributed by atoms with Crippen LogP contribution in [0.1, 0.15) is 29.6 Å². The quantitative estimate of drug-likeness (QED) is 0.731. The Balaban J connectivity index is 2.14. The van der Waals surface area contributed by atoms with Crippen molar-refractivity contribution in [2.24, 2.45) is 5.73 Å². The number of nitrogens with one attached hydrogen (secondary N) is 1. The second kappa shape index (κ2) is 5.22. The van der Waals surface area contributed by atoms with Crippen LogP contribution in [-0.4, -0.2) is 30.1 Å². The molecule has 18 heavy (non-hydrogen) atoms. The van der Waals surface area contributed by atoms with Crippen LogP contribution in [0.3, 0.4) is 0 Å². The van der Waals surface area contributed by atoms with Gasteiger partial charge < -0.3 is 21.5 Å². The van der Waals surface area contributed by atoms with E-state index in [4.69, 9.17) is 16.2 Å². The van der Waals surface area contributed by atoms with Crippen molar-refractivity contribution in [1.82, 2.24) is 4.98 Å². The topological polar surface area (TPSA) is 103 Å². The third-order valence-corrected chi connectivity index (χ3v) is 3.29. The van der Waals surface area contributed by atoms with Crippen LogP contribution in [0.15, 0.2) is 12.3 Å². The van der Waals surface area contributed by atoms with E-state index in [9.17, 15) is 4.79 Å². The van der Waals surface area contributed by atoms with Crippen molar-refractivity contribution in [2.75, 3.05) is 18.2 Å². The van der Waals surface area contributed by atoms with Crippen molar-refractivity contribution in [3.8, 4) is 0 Å². The highest BCUT2D eigenvalue weighted by Gasteiger charge is 2.27. The van der Waals surface area contributed by atoms with Crippen LogP contribution < -0.4 is 16.8 Å². The van der Waals surface area contributed by atoms with E-state index in [1.807, 2.05) is 0 Å². The lowest BCUT2D eigenvalue weighted by Crippen LogP contribution is -2.30. The van der Waals surface area contributed by atoms with Gasteiger partial charge in [-0.2, -0.15) is 0 Å². The number of nitrogen functional groups attached to an aromatic ring is 1. The maximum Gasteiger partial charge on any atom is 0.250 e. The van der Waals surface area contributed by atoms with Crippen LogP contribution in [0.25, 0.3) is 0 Å². The second-order valence-electron chi connectivity index (χ2n) is 4.48. The number of methoxy groups -OCH3 is 1. The number of nitrogens with two attached hydrogens (primary N) is 2. The van der Waals surface area contributed by atoms with Crippen LogP contribution in [0.5, 0.6) is 0 Å². The average molecular weight is 250 g/mol. The molecule has 0 saturated heterocycles. The van der Waals surface area contributed by atoms with Crippen LogP contribution in [0.2, 0.25) is 0 Å². The molecule has 1 aliphatic rings.